The van der Waals surface area contributed by atoms with Crippen LogP contribution in [0.3, 0.4) is 0 Å². The fourth-order valence-electron chi connectivity index (χ4n) is 3.51. The van der Waals surface area contributed by atoms with E-state index in [-0.39, 0.29) is 0 Å². The van der Waals surface area contributed by atoms with Gasteiger partial charge in [-0.05, 0) is 62.8 Å². The van der Waals surface area contributed by atoms with Gasteiger partial charge in [0.2, 0.25) is 0 Å². The molecule has 3 heteroatoms. The lowest BCUT2D eigenvalue weighted by atomic mass is 9.93. The number of hydrogen-bond donors (Lipinski definition) is 1. The predicted molar refractivity (Wildman–Crippen MR) is 91.2 cm³/mol. The van der Waals surface area contributed by atoms with Gasteiger partial charge in [0.1, 0.15) is 0 Å². The van der Waals surface area contributed by atoms with Gasteiger partial charge in [-0.1, -0.05) is 12.8 Å². The molecule has 116 valence electrons. The van der Waals surface area contributed by atoms with Gasteiger partial charge in [0.15, 0.2) is 0 Å². The van der Waals surface area contributed by atoms with Crippen LogP contribution in [0.5, 0.6) is 0 Å². The average Bonchev–Trinajstić information content (AvgIpc) is 3.03. The second-order valence-corrected chi connectivity index (χ2v) is 7.78. The summed E-state index contributed by atoms with van der Waals surface area (Å²) in [6, 6.07) is 9.68. The van der Waals surface area contributed by atoms with Gasteiger partial charge in [-0.3, -0.25) is 0 Å². The van der Waals surface area contributed by atoms with Crippen molar-refractivity contribution >= 4 is 17.4 Å². The summed E-state index contributed by atoms with van der Waals surface area (Å²) >= 11 is 2.06. The number of ether oxygens (including phenoxy) is 1. The van der Waals surface area contributed by atoms with Gasteiger partial charge in [-0.2, -0.15) is 0 Å². The normalized spacial score (nSPS) is 26.9. The molecule has 0 amide bonds. The van der Waals surface area contributed by atoms with E-state index in [0.29, 0.717) is 12.1 Å². The molecule has 2 aliphatic carbocycles. The van der Waals surface area contributed by atoms with Crippen molar-refractivity contribution in [1.29, 1.82) is 0 Å². The van der Waals surface area contributed by atoms with E-state index in [4.69, 9.17) is 4.74 Å². The minimum Gasteiger partial charge on any atom is -0.382 e. The first-order valence-electron chi connectivity index (χ1n) is 8.39. The van der Waals surface area contributed by atoms with E-state index in [9.17, 15) is 0 Å². The van der Waals surface area contributed by atoms with Gasteiger partial charge in [-0.15, -0.1) is 11.8 Å². The topological polar surface area (TPSA) is 21.3 Å². The van der Waals surface area contributed by atoms with Crippen molar-refractivity contribution in [1.82, 2.24) is 0 Å². The molecule has 0 unspecified atom stereocenters. The quantitative estimate of drug-likeness (QED) is 0.818. The first-order valence-corrected chi connectivity index (χ1v) is 9.27. The fraction of sp³-hybridized carbons (Fsp3) is 0.667. The lowest BCUT2D eigenvalue weighted by Gasteiger charge is -2.29. The summed E-state index contributed by atoms with van der Waals surface area (Å²) in [7, 11) is 1.83. The monoisotopic (exact) mass is 305 g/mol. The molecule has 2 fully saturated rings. The molecule has 2 aliphatic rings. The maximum Gasteiger partial charge on any atom is 0.0572 e. The van der Waals surface area contributed by atoms with Crippen LogP contribution in [-0.2, 0) is 4.74 Å². The highest BCUT2D eigenvalue weighted by Gasteiger charge is 2.20. The summed E-state index contributed by atoms with van der Waals surface area (Å²) in [4.78, 5) is 1.43. The van der Waals surface area contributed by atoms with Crippen molar-refractivity contribution in [2.24, 2.45) is 0 Å². The number of nitrogens with one attached hydrogen (secondary N) is 1. The smallest absolute Gasteiger partial charge is 0.0572 e. The Hall–Kier alpha value is -0.670. The second kappa shape index (κ2) is 7.55. The molecule has 0 heterocycles. The molecule has 1 N–H and O–H groups in total. The average molecular weight is 305 g/mol. The van der Waals surface area contributed by atoms with Crippen LogP contribution in [0.25, 0.3) is 0 Å². The van der Waals surface area contributed by atoms with Crippen molar-refractivity contribution < 1.29 is 4.74 Å². The minimum atomic E-state index is 0.480. The van der Waals surface area contributed by atoms with E-state index < -0.39 is 0 Å². The van der Waals surface area contributed by atoms with Crippen LogP contribution in [0.1, 0.15) is 51.4 Å². The first kappa shape index (κ1) is 15.2. The van der Waals surface area contributed by atoms with Crippen molar-refractivity contribution in [2.45, 2.75) is 73.7 Å². The zero-order valence-corrected chi connectivity index (χ0v) is 13.8. The summed E-state index contributed by atoms with van der Waals surface area (Å²) in [6.45, 7) is 0. The van der Waals surface area contributed by atoms with Crippen molar-refractivity contribution in [3.8, 4) is 0 Å². The summed E-state index contributed by atoms with van der Waals surface area (Å²) < 4.78 is 5.44. The highest BCUT2D eigenvalue weighted by atomic mass is 32.2. The molecule has 3 rings (SSSR count). The van der Waals surface area contributed by atoms with Crippen LogP contribution in [0.2, 0.25) is 0 Å². The maximum atomic E-state index is 5.44. The van der Waals surface area contributed by atoms with Crippen molar-refractivity contribution in [2.75, 3.05) is 12.4 Å². The van der Waals surface area contributed by atoms with Crippen LogP contribution in [0.4, 0.5) is 5.69 Å². The van der Waals surface area contributed by atoms with E-state index >= 15 is 0 Å². The molecule has 0 spiro atoms. The van der Waals surface area contributed by atoms with E-state index in [2.05, 4.69) is 41.3 Å². The molecule has 0 aromatic heterocycles. The predicted octanol–water partition coefficient (Wildman–Crippen LogP) is 5.09. The van der Waals surface area contributed by atoms with Gasteiger partial charge in [0.25, 0.3) is 0 Å². The molecule has 0 saturated heterocycles. The van der Waals surface area contributed by atoms with Crippen LogP contribution in [0.15, 0.2) is 29.2 Å². The first-order chi connectivity index (χ1) is 10.3. The number of thioether (sulfide) groups is 1. The summed E-state index contributed by atoms with van der Waals surface area (Å²) in [5, 5.41) is 4.54. The van der Waals surface area contributed by atoms with Gasteiger partial charge < -0.3 is 10.1 Å². The van der Waals surface area contributed by atoms with Crippen molar-refractivity contribution in [3.05, 3.63) is 24.3 Å². The number of hydrogen-bond acceptors (Lipinski definition) is 3. The number of anilines is 1. The Bertz CT molecular complexity index is 419. The Morgan fingerprint density at radius 2 is 1.62 bits per heavy atom. The number of methoxy groups -OCH3 is 1. The Morgan fingerprint density at radius 3 is 2.24 bits per heavy atom. The van der Waals surface area contributed by atoms with E-state index in [1.54, 1.807) is 0 Å². The highest BCUT2D eigenvalue weighted by Crippen LogP contribution is 2.35. The second-order valence-electron chi connectivity index (χ2n) is 6.40. The zero-order chi connectivity index (χ0) is 14.5. The summed E-state index contributed by atoms with van der Waals surface area (Å²) in [6.07, 6.45) is 10.9. The molecular formula is C18H27NOS. The van der Waals surface area contributed by atoms with E-state index in [0.717, 1.165) is 5.25 Å². The van der Waals surface area contributed by atoms with Gasteiger partial charge in [-0.25, -0.2) is 0 Å². The van der Waals surface area contributed by atoms with Gasteiger partial charge in [0, 0.05) is 29.0 Å². The molecule has 0 aliphatic heterocycles. The standard InChI is InChI=1S/C18H27NOS/c1-20-16-10-6-14(7-11-16)19-15-8-12-18(13-9-15)21-17-4-2-3-5-17/h8-9,12-14,16-17,19H,2-7,10-11H2,1H3. The molecular weight excluding hydrogens is 278 g/mol. The Labute approximate surface area is 133 Å². The van der Waals surface area contributed by atoms with Crippen LogP contribution in [0, 0.1) is 0 Å². The largest absolute Gasteiger partial charge is 0.382 e. The van der Waals surface area contributed by atoms with Gasteiger partial charge >= 0.3 is 0 Å². The summed E-state index contributed by atoms with van der Waals surface area (Å²) in [5.74, 6) is 0. The number of rotatable bonds is 5. The maximum absolute atomic E-state index is 5.44. The summed E-state index contributed by atoms with van der Waals surface area (Å²) in [5.41, 5.74) is 1.27. The fourth-order valence-corrected chi connectivity index (χ4v) is 4.75. The Morgan fingerprint density at radius 1 is 0.952 bits per heavy atom. The SMILES string of the molecule is COC1CCC(Nc2ccc(SC3CCCC3)cc2)CC1. The van der Waals surface area contributed by atoms with E-state index in [1.165, 1.54) is 61.9 Å². The third-order valence-corrected chi connectivity index (χ3v) is 6.19. The molecule has 2 saturated carbocycles. The molecule has 0 atom stereocenters. The highest BCUT2D eigenvalue weighted by molar-refractivity contribution is 8.00. The van der Waals surface area contributed by atoms with Crippen LogP contribution in [-0.4, -0.2) is 24.5 Å². The minimum absolute atomic E-state index is 0.480. The zero-order valence-electron chi connectivity index (χ0n) is 13.0. The van der Waals surface area contributed by atoms with Crippen LogP contribution < -0.4 is 5.32 Å². The van der Waals surface area contributed by atoms with Crippen LogP contribution >= 0.6 is 11.8 Å². The Balaban J connectivity index is 1.48. The van der Waals surface area contributed by atoms with E-state index in [1.807, 2.05) is 7.11 Å². The molecule has 21 heavy (non-hydrogen) atoms. The lowest BCUT2D eigenvalue weighted by molar-refractivity contribution is 0.0682. The molecule has 1 aromatic rings. The number of benzene rings is 1. The third-order valence-electron chi connectivity index (χ3n) is 4.84. The molecule has 1 aromatic carbocycles. The lowest BCUT2D eigenvalue weighted by Crippen LogP contribution is -2.29. The molecule has 0 radical (unpaired) electrons. The Kier molecular flexibility index (Phi) is 5.48. The molecule has 0 bridgehead atoms. The van der Waals surface area contributed by atoms with Gasteiger partial charge in [0.05, 0.1) is 6.10 Å². The third kappa shape index (κ3) is 4.40. The molecule has 2 nitrogen and oxygen atoms in total. The van der Waals surface area contributed by atoms with Crippen molar-refractivity contribution in [3.63, 3.8) is 0 Å².